The predicted molar refractivity (Wildman–Crippen MR) is 161 cm³/mol. The van der Waals surface area contributed by atoms with E-state index in [4.69, 9.17) is 11.5 Å². The fraction of sp³-hybridized carbons (Fsp3) is 0.419. The molecule has 1 aliphatic carbocycles. The van der Waals surface area contributed by atoms with Crippen molar-refractivity contribution in [3.8, 4) is 0 Å². The van der Waals surface area contributed by atoms with Crippen molar-refractivity contribution in [3.05, 3.63) is 75.8 Å². The molecule has 43 heavy (non-hydrogen) atoms. The molecule has 0 spiro atoms. The highest BCUT2D eigenvalue weighted by Crippen LogP contribution is 2.38. The fourth-order valence-corrected chi connectivity index (χ4v) is 5.62. The van der Waals surface area contributed by atoms with E-state index in [1.807, 2.05) is 35.2 Å². The number of benzene rings is 2. The molecule has 228 valence electrons. The maximum absolute atomic E-state index is 15.4. The zero-order chi connectivity index (χ0) is 30.7. The van der Waals surface area contributed by atoms with Crippen LogP contribution in [0.3, 0.4) is 0 Å². The fourth-order valence-electron chi connectivity index (χ4n) is 5.62. The van der Waals surface area contributed by atoms with E-state index >= 15 is 4.39 Å². The van der Waals surface area contributed by atoms with Crippen LogP contribution in [0.15, 0.2) is 53.5 Å². The van der Waals surface area contributed by atoms with Crippen LogP contribution in [0.4, 0.5) is 10.1 Å². The zero-order valence-electron chi connectivity index (χ0n) is 23.9. The van der Waals surface area contributed by atoms with Crippen LogP contribution in [-0.2, 0) is 16.0 Å². The summed E-state index contributed by atoms with van der Waals surface area (Å²) < 4.78 is 17.1. The molecule has 2 heterocycles. The number of carbonyl (C=O) groups is 3. The average Bonchev–Trinajstić information content (AvgIpc) is 3.85. The molecule has 3 aromatic rings. The number of nitrogens with two attached hydrogens (primary N) is 2. The van der Waals surface area contributed by atoms with Crippen molar-refractivity contribution in [2.24, 2.45) is 11.5 Å². The molecule has 6 N–H and O–H groups in total. The van der Waals surface area contributed by atoms with Gasteiger partial charge in [-0.3, -0.25) is 14.4 Å². The minimum absolute atomic E-state index is 0.0332. The third-order valence-corrected chi connectivity index (χ3v) is 8.15. The van der Waals surface area contributed by atoms with E-state index in [1.54, 1.807) is 15.5 Å². The Morgan fingerprint density at radius 1 is 1.07 bits per heavy atom. The Bertz CT molecular complexity index is 1570. The molecule has 12 heteroatoms. The number of aromatic nitrogens is 1. The highest BCUT2D eigenvalue weighted by Gasteiger charge is 2.32. The molecule has 2 atom stereocenters. The number of anilines is 1. The Labute approximate surface area is 248 Å². The number of hydrogen-bond donors (Lipinski definition) is 4. The van der Waals surface area contributed by atoms with Gasteiger partial charge in [0.05, 0.1) is 17.2 Å². The van der Waals surface area contributed by atoms with Crippen LogP contribution in [0.1, 0.15) is 47.6 Å². The molecule has 2 aliphatic rings. The lowest BCUT2D eigenvalue weighted by atomic mass is 10.0. The van der Waals surface area contributed by atoms with Crippen LogP contribution in [0, 0.1) is 5.82 Å². The van der Waals surface area contributed by atoms with Crippen molar-refractivity contribution in [2.45, 2.75) is 50.2 Å². The van der Waals surface area contributed by atoms with E-state index < -0.39 is 35.2 Å². The Balaban J connectivity index is 1.28. The topological polar surface area (TPSA) is 164 Å². The first kappa shape index (κ1) is 30.2. The highest BCUT2D eigenvalue weighted by molar-refractivity contribution is 5.94. The maximum atomic E-state index is 15.4. The summed E-state index contributed by atoms with van der Waals surface area (Å²) in [5, 5.41) is 12.3. The van der Waals surface area contributed by atoms with Gasteiger partial charge in [-0.25, -0.2) is 9.18 Å². The minimum Gasteiger partial charge on any atom is -0.477 e. The summed E-state index contributed by atoms with van der Waals surface area (Å²) in [7, 11) is 0. The van der Waals surface area contributed by atoms with Gasteiger partial charge in [0.2, 0.25) is 17.2 Å². The highest BCUT2D eigenvalue weighted by atomic mass is 19.1. The number of amides is 2. The molecule has 1 aliphatic heterocycles. The summed E-state index contributed by atoms with van der Waals surface area (Å²) in [6.45, 7) is 1.63. The Hall–Kier alpha value is -4.29. The lowest BCUT2D eigenvalue weighted by Gasteiger charge is -2.38. The third kappa shape index (κ3) is 6.70. The molecule has 0 bridgehead atoms. The van der Waals surface area contributed by atoms with Gasteiger partial charge in [-0.1, -0.05) is 30.3 Å². The molecule has 1 aromatic heterocycles. The quantitative estimate of drug-likeness (QED) is 0.261. The van der Waals surface area contributed by atoms with Crippen molar-refractivity contribution in [3.63, 3.8) is 0 Å². The van der Waals surface area contributed by atoms with Crippen molar-refractivity contribution in [2.75, 3.05) is 37.6 Å². The average molecular weight is 593 g/mol. The van der Waals surface area contributed by atoms with Gasteiger partial charge in [0.15, 0.2) is 0 Å². The summed E-state index contributed by atoms with van der Waals surface area (Å²) in [5.41, 5.74) is 12.5. The number of carbonyl (C=O) groups excluding carboxylic acids is 2. The van der Waals surface area contributed by atoms with Crippen molar-refractivity contribution >= 4 is 34.4 Å². The number of nitrogens with one attached hydrogen (secondary N) is 1. The summed E-state index contributed by atoms with van der Waals surface area (Å²) in [6, 6.07) is 10.6. The molecular formula is C31H37FN6O5. The molecule has 0 unspecified atom stereocenters. The second-order valence-corrected chi connectivity index (χ2v) is 11.2. The molecule has 0 radical (unpaired) electrons. The normalized spacial score (nSPS) is 16.6. The molecule has 1 saturated carbocycles. The number of aromatic carboxylic acids is 1. The smallest absolute Gasteiger partial charge is 0.341 e. The number of carboxylic acid groups (broad SMARTS) is 1. The van der Waals surface area contributed by atoms with E-state index in [2.05, 4.69) is 5.32 Å². The van der Waals surface area contributed by atoms with Crippen LogP contribution in [0.2, 0.25) is 0 Å². The second-order valence-electron chi connectivity index (χ2n) is 11.2. The Morgan fingerprint density at radius 3 is 2.40 bits per heavy atom. The monoisotopic (exact) mass is 592 g/mol. The van der Waals surface area contributed by atoms with Gasteiger partial charge in [-0.15, -0.1) is 0 Å². The maximum Gasteiger partial charge on any atom is 0.341 e. The van der Waals surface area contributed by atoms with E-state index in [0.717, 1.165) is 24.5 Å². The van der Waals surface area contributed by atoms with Gasteiger partial charge in [-0.2, -0.15) is 0 Å². The van der Waals surface area contributed by atoms with Crippen LogP contribution in [0.25, 0.3) is 10.9 Å². The predicted octanol–water partition coefficient (Wildman–Crippen LogP) is 1.62. The van der Waals surface area contributed by atoms with Gasteiger partial charge in [-0.05, 0) is 56.3 Å². The zero-order valence-corrected chi connectivity index (χ0v) is 23.9. The SMILES string of the molecule is NCCC[C@@H](NC(=O)[C@@H](N)Cc1ccccc1)C(=O)N1CCN(c2cc3c(cc2F)c(=O)c(C(=O)O)cn3C2CC2)CC1. The van der Waals surface area contributed by atoms with Crippen molar-refractivity contribution in [1.82, 2.24) is 14.8 Å². The first-order chi connectivity index (χ1) is 20.7. The van der Waals surface area contributed by atoms with E-state index in [0.29, 0.717) is 57.5 Å². The summed E-state index contributed by atoms with van der Waals surface area (Å²) in [6.07, 6.45) is 4.30. The molecular weight excluding hydrogens is 555 g/mol. The van der Waals surface area contributed by atoms with Gasteiger partial charge in [0.25, 0.3) is 0 Å². The van der Waals surface area contributed by atoms with Crippen molar-refractivity contribution < 1.29 is 23.9 Å². The minimum atomic E-state index is -1.34. The number of pyridine rings is 1. The number of carboxylic acids is 1. The van der Waals surface area contributed by atoms with Crippen LogP contribution in [-0.4, -0.2) is 77.2 Å². The first-order valence-electron chi connectivity index (χ1n) is 14.6. The summed E-state index contributed by atoms with van der Waals surface area (Å²) in [5.74, 6) is -2.62. The van der Waals surface area contributed by atoms with Crippen LogP contribution >= 0.6 is 0 Å². The van der Waals surface area contributed by atoms with E-state index in [-0.39, 0.29) is 28.6 Å². The van der Waals surface area contributed by atoms with Crippen LogP contribution in [0.5, 0.6) is 0 Å². The molecule has 5 rings (SSSR count). The summed E-state index contributed by atoms with van der Waals surface area (Å²) >= 11 is 0. The number of halogens is 1. The first-order valence-corrected chi connectivity index (χ1v) is 14.6. The van der Waals surface area contributed by atoms with E-state index in [9.17, 15) is 24.3 Å². The lowest BCUT2D eigenvalue weighted by Crippen LogP contribution is -2.57. The Kier molecular flexibility index (Phi) is 9.07. The third-order valence-electron chi connectivity index (χ3n) is 8.15. The molecule has 1 saturated heterocycles. The summed E-state index contributed by atoms with van der Waals surface area (Å²) in [4.78, 5) is 54.3. The number of hydrogen-bond acceptors (Lipinski definition) is 7. The van der Waals surface area contributed by atoms with E-state index in [1.165, 1.54) is 6.20 Å². The van der Waals surface area contributed by atoms with Gasteiger partial charge < -0.3 is 36.3 Å². The van der Waals surface area contributed by atoms with Gasteiger partial charge in [0.1, 0.15) is 17.4 Å². The second kappa shape index (κ2) is 12.9. The van der Waals surface area contributed by atoms with Crippen molar-refractivity contribution in [1.29, 1.82) is 0 Å². The Morgan fingerprint density at radius 2 is 1.77 bits per heavy atom. The largest absolute Gasteiger partial charge is 0.477 e. The molecule has 11 nitrogen and oxygen atoms in total. The number of nitrogens with zero attached hydrogens (tertiary/aromatic N) is 3. The lowest BCUT2D eigenvalue weighted by molar-refractivity contribution is -0.137. The molecule has 2 aromatic carbocycles. The van der Waals surface area contributed by atoms with Gasteiger partial charge in [0, 0.05) is 43.8 Å². The number of piperazine rings is 1. The van der Waals surface area contributed by atoms with Crippen LogP contribution < -0.4 is 27.1 Å². The standard InChI is InChI=1S/C31H37FN6O5/c32-23-16-21-26(38(20-8-9-20)18-22(28(21)39)31(42)43)17-27(23)36-11-13-37(14-12-36)30(41)25(7-4-10-33)35-29(40)24(34)15-19-5-2-1-3-6-19/h1-3,5-6,16-18,20,24-25H,4,7-15,33-34H2,(H,35,40)(H,42,43)/t24-,25+/m0/s1. The molecule has 2 fully saturated rings. The number of rotatable bonds is 11. The molecule has 2 amide bonds. The number of fused-ring (bicyclic) bond motifs is 1. The van der Waals surface area contributed by atoms with Gasteiger partial charge >= 0.3 is 5.97 Å².